The van der Waals surface area contributed by atoms with Crippen LogP contribution in [0.1, 0.15) is 33.1 Å². The Morgan fingerprint density at radius 2 is 2.09 bits per heavy atom. The van der Waals surface area contributed by atoms with Gasteiger partial charge in [-0.3, -0.25) is 4.79 Å². The third kappa shape index (κ3) is 3.52. The van der Waals surface area contributed by atoms with Crippen molar-refractivity contribution < 1.29 is 24.3 Å². The first-order chi connectivity index (χ1) is 15.4. The molecular formula is C26H37N2O4+. The summed E-state index contributed by atoms with van der Waals surface area (Å²) in [5, 5.41) is 11.6. The lowest BCUT2D eigenvalue weighted by Crippen LogP contribution is -3.15. The summed E-state index contributed by atoms with van der Waals surface area (Å²) in [6, 6.07) is 8.21. The summed E-state index contributed by atoms with van der Waals surface area (Å²) in [6.07, 6.45) is 4.58. The van der Waals surface area contributed by atoms with E-state index in [-0.39, 0.29) is 29.3 Å². The highest BCUT2D eigenvalue weighted by Crippen LogP contribution is 2.55. The molecule has 0 amide bonds. The highest BCUT2D eigenvalue weighted by molar-refractivity contribution is 5.76. The fourth-order valence-electron chi connectivity index (χ4n) is 6.70. The van der Waals surface area contributed by atoms with Crippen LogP contribution >= 0.6 is 0 Å². The number of quaternary nitrogens is 1. The number of allylic oxidation sites excluding steroid dienone is 1. The van der Waals surface area contributed by atoms with Crippen LogP contribution in [0.4, 0.5) is 5.69 Å². The Balaban J connectivity index is 1.26. The number of hydrogen-bond donors (Lipinski definition) is 2. The van der Waals surface area contributed by atoms with Crippen LogP contribution in [0.5, 0.6) is 5.75 Å². The molecule has 0 aromatic heterocycles. The summed E-state index contributed by atoms with van der Waals surface area (Å²) in [7, 11) is 1.70. The molecule has 4 aliphatic rings. The number of benzene rings is 1. The number of nitrogens with one attached hydrogen (secondary N) is 1. The lowest BCUT2D eigenvalue weighted by atomic mass is 9.55. The summed E-state index contributed by atoms with van der Waals surface area (Å²) in [5.74, 6) is 0.906. The van der Waals surface area contributed by atoms with Crippen LogP contribution in [0.25, 0.3) is 0 Å². The van der Waals surface area contributed by atoms with Crippen LogP contribution in [0.2, 0.25) is 0 Å². The standard InChI is InChI=1S/C26H36N2O4/c1-17-6-4-7-18-14-22-23(24(29)26(17,18)2)21(25(30)32-22)16-27-10-12-28(13-11-27)19-8-5-9-20(15-19)31-3/h5,7-9,15,17,21-24,29H,4,6,10-14,16H2,1-3H3/p+1/t17-,21-,22+,23+,24+,26+/m0/s1. The number of aliphatic hydroxyl groups excluding tert-OH is 1. The molecule has 6 atom stereocenters. The second-order valence-corrected chi connectivity index (χ2v) is 10.4. The molecule has 0 radical (unpaired) electrons. The number of ether oxygens (including phenoxy) is 2. The molecule has 0 unspecified atom stereocenters. The van der Waals surface area contributed by atoms with Gasteiger partial charge >= 0.3 is 5.97 Å². The molecule has 6 heteroatoms. The van der Waals surface area contributed by atoms with Gasteiger partial charge in [0.1, 0.15) is 17.8 Å². The minimum Gasteiger partial charge on any atom is -0.497 e. The molecule has 2 heterocycles. The number of fused-ring (bicyclic) bond motifs is 2. The SMILES string of the molecule is COc1cccc(N2CC[NH+](C[C@@H]3C(=O)O[C@@H]4CC5=CCC[C@H](C)[C@@]5(C)[C@H](O)[C@H]34)CC2)c1. The van der Waals surface area contributed by atoms with E-state index in [4.69, 9.17) is 9.47 Å². The van der Waals surface area contributed by atoms with Gasteiger partial charge < -0.3 is 24.4 Å². The van der Waals surface area contributed by atoms with Gasteiger partial charge in [-0.05, 0) is 30.9 Å². The summed E-state index contributed by atoms with van der Waals surface area (Å²) in [6.45, 7) is 9.08. The van der Waals surface area contributed by atoms with Gasteiger partial charge in [-0.15, -0.1) is 0 Å². The molecule has 1 aromatic rings. The highest BCUT2D eigenvalue weighted by atomic mass is 16.6. The quantitative estimate of drug-likeness (QED) is 0.550. The first-order valence-electron chi connectivity index (χ1n) is 12.2. The summed E-state index contributed by atoms with van der Waals surface area (Å²) in [4.78, 5) is 16.7. The summed E-state index contributed by atoms with van der Waals surface area (Å²) < 4.78 is 11.2. The highest BCUT2D eigenvalue weighted by Gasteiger charge is 2.60. The molecule has 0 spiro atoms. The topological polar surface area (TPSA) is 63.4 Å². The maximum absolute atomic E-state index is 12.9. The van der Waals surface area contributed by atoms with Crippen LogP contribution in [0.3, 0.4) is 0 Å². The zero-order chi connectivity index (χ0) is 22.5. The molecule has 0 bridgehead atoms. The molecule has 3 fully saturated rings. The van der Waals surface area contributed by atoms with E-state index in [1.165, 1.54) is 16.2 Å². The van der Waals surface area contributed by atoms with Gasteiger partial charge in [0.25, 0.3) is 0 Å². The van der Waals surface area contributed by atoms with Crippen molar-refractivity contribution in [1.29, 1.82) is 0 Å². The van der Waals surface area contributed by atoms with E-state index in [1.807, 2.05) is 12.1 Å². The molecule has 1 aromatic carbocycles. The Bertz CT molecular complexity index is 894. The molecular weight excluding hydrogens is 404 g/mol. The predicted octanol–water partition coefficient (Wildman–Crippen LogP) is 1.69. The van der Waals surface area contributed by atoms with E-state index in [0.717, 1.165) is 57.7 Å². The zero-order valence-electron chi connectivity index (χ0n) is 19.5. The number of anilines is 1. The summed E-state index contributed by atoms with van der Waals surface area (Å²) in [5.41, 5.74) is 2.26. The molecule has 6 nitrogen and oxygen atoms in total. The number of aliphatic hydroxyl groups is 1. The third-order valence-corrected chi connectivity index (χ3v) is 8.97. The van der Waals surface area contributed by atoms with Crippen molar-refractivity contribution in [2.45, 2.75) is 45.3 Å². The van der Waals surface area contributed by atoms with E-state index in [1.54, 1.807) is 7.11 Å². The van der Waals surface area contributed by atoms with Gasteiger partial charge in [-0.1, -0.05) is 31.6 Å². The molecule has 2 saturated heterocycles. The van der Waals surface area contributed by atoms with Gasteiger partial charge in [0.15, 0.2) is 0 Å². The lowest BCUT2D eigenvalue weighted by Gasteiger charge is -2.51. The van der Waals surface area contributed by atoms with Gasteiger partial charge in [-0.2, -0.15) is 0 Å². The fraction of sp³-hybridized carbons (Fsp3) is 0.654. The van der Waals surface area contributed by atoms with Crippen LogP contribution in [0.15, 0.2) is 35.9 Å². The zero-order valence-corrected chi connectivity index (χ0v) is 19.5. The number of carbonyl (C=O) groups is 1. The monoisotopic (exact) mass is 441 g/mol. The van der Waals surface area contributed by atoms with Crippen molar-refractivity contribution in [3.05, 3.63) is 35.9 Å². The number of piperazine rings is 1. The Hall–Kier alpha value is -2.05. The van der Waals surface area contributed by atoms with Crippen LogP contribution in [-0.2, 0) is 9.53 Å². The largest absolute Gasteiger partial charge is 0.497 e. The average molecular weight is 442 g/mol. The average Bonchev–Trinajstić information content (AvgIpc) is 3.11. The van der Waals surface area contributed by atoms with Crippen molar-refractivity contribution in [3.8, 4) is 5.75 Å². The number of nitrogens with zero attached hydrogens (tertiary/aromatic N) is 1. The van der Waals surface area contributed by atoms with Crippen molar-refractivity contribution >= 4 is 11.7 Å². The number of esters is 1. The molecule has 1 saturated carbocycles. The maximum atomic E-state index is 12.9. The van der Waals surface area contributed by atoms with Gasteiger partial charge in [0.05, 0.1) is 45.9 Å². The minimum absolute atomic E-state index is 0.0888. The van der Waals surface area contributed by atoms with Crippen molar-refractivity contribution in [3.63, 3.8) is 0 Å². The second kappa shape index (κ2) is 8.38. The third-order valence-electron chi connectivity index (χ3n) is 8.97. The van der Waals surface area contributed by atoms with E-state index >= 15 is 0 Å². The lowest BCUT2D eigenvalue weighted by molar-refractivity contribution is -0.903. The Morgan fingerprint density at radius 1 is 1.31 bits per heavy atom. The first-order valence-corrected chi connectivity index (χ1v) is 12.2. The minimum atomic E-state index is -0.517. The first kappa shape index (κ1) is 21.8. The number of carbonyl (C=O) groups excluding carboxylic acids is 1. The van der Waals surface area contributed by atoms with E-state index in [9.17, 15) is 9.90 Å². The van der Waals surface area contributed by atoms with Gasteiger partial charge in [0, 0.05) is 29.5 Å². The van der Waals surface area contributed by atoms with Gasteiger partial charge in [-0.25, -0.2) is 0 Å². The second-order valence-electron chi connectivity index (χ2n) is 10.4. The Labute approximate surface area is 191 Å². The van der Waals surface area contributed by atoms with E-state index < -0.39 is 6.10 Å². The number of rotatable bonds is 4. The van der Waals surface area contributed by atoms with Gasteiger partial charge in [0.2, 0.25) is 0 Å². The molecule has 32 heavy (non-hydrogen) atoms. The molecule has 5 rings (SSSR count). The molecule has 174 valence electrons. The Kier molecular flexibility index (Phi) is 5.70. The van der Waals surface area contributed by atoms with Crippen molar-refractivity contribution in [2.24, 2.45) is 23.2 Å². The summed E-state index contributed by atoms with van der Waals surface area (Å²) >= 11 is 0. The molecule has 2 aliphatic heterocycles. The van der Waals surface area contributed by atoms with E-state index in [0.29, 0.717) is 5.92 Å². The van der Waals surface area contributed by atoms with Crippen molar-refractivity contribution in [1.82, 2.24) is 0 Å². The number of methoxy groups -OCH3 is 1. The van der Waals surface area contributed by atoms with Crippen LogP contribution in [0, 0.1) is 23.2 Å². The normalized spacial score (nSPS) is 37.4. The van der Waals surface area contributed by atoms with Crippen molar-refractivity contribution in [2.75, 3.05) is 44.7 Å². The van der Waals surface area contributed by atoms with Crippen LogP contribution in [-0.4, -0.2) is 63.1 Å². The Morgan fingerprint density at radius 3 is 2.84 bits per heavy atom. The fourth-order valence-corrected chi connectivity index (χ4v) is 6.70. The van der Waals surface area contributed by atoms with E-state index in [2.05, 4.69) is 37.0 Å². The van der Waals surface area contributed by atoms with Crippen LogP contribution < -0.4 is 14.5 Å². The number of hydrogen-bond acceptors (Lipinski definition) is 5. The maximum Gasteiger partial charge on any atom is 0.315 e. The smallest absolute Gasteiger partial charge is 0.315 e. The molecule has 2 aliphatic carbocycles. The predicted molar refractivity (Wildman–Crippen MR) is 123 cm³/mol. The molecule has 2 N–H and O–H groups in total.